The molecule has 0 radical (unpaired) electrons. The van der Waals surface area contributed by atoms with Gasteiger partial charge in [-0.05, 0) is 49.4 Å². The van der Waals surface area contributed by atoms with Crippen LogP contribution >= 0.6 is 15.6 Å². The Labute approximate surface area is 568 Å². The summed E-state index contributed by atoms with van der Waals surface area (Å²) < 4.78 is 68.4. The van der Waals surface area contributed by atoms with Crippen molar-refractivity contribution < 1.29 is 80.2 Å². The van der Waals surface area contributed by atoms with E-state index in [1.807, 2.05) is 0 Å². The number of aliphatic hydroxyl groups is 1. The van der Waals surface area contributed by atoms with E-state index in [1.54, 1.807) is 0 Å². The van der Waals surface area contributed by atoms with Gasteiger partial charge < -0.3 is 33.8 Å². The lowest BCUT2D eigenvalue weighted by Crippen LogP contribution is -2.30. The third-order valence-electron chi connectivity index (χ3n) is 17.8. The van der Waals surface area contributed by atoms with Crippen LogP contribution in [0.2, 0.25) is 0 Å². The van der Waals surface area contributed by atoms with E-state index >= 15 is 0 Å². The fourth-order valence-electron chi connectivity index (χ4n) is 11.1. The second-order valence-electron chi connectivity index (χ2n) is 28.1. The zero-order valence-electron chi connectivity index (χ0n) is 60.9. The molecular weight excluding hydrogens is 1220 g/mol. The van der Waals surface area contributed by atoms with Gasteiger partial charge in [-0.25, -0.2) is 9.13 Å². The molecule has 0 amide bonds. The molecule has 0 aliphatic rings. The minimum atomic E-state index is -4.96. The predicted molar refractivity (Wildman–Crippen MR) is 377 cm³/mol. The maximum absolute atomic E-state index is 13.1. The van der Waals surface area contributed by atoms with E-state index in [-0.39, 0.29) is 25.7 Å². The van der Waals surface area contributed by atoms with Gasteiger partial charge in [0, 0.05) is 25.7 Å². The largest absolute Gasteiger partial charge is 0.472 e. The molecule has 0 aliphatic carbocycles. The highest BCUT2D eigenvalue weighted by Crippen LogP contribution is 2.45. The van der Waals surface area contributed by atoms with E-state index in [1.165, 1.54) is 167 Å². The molecule has 0 heterocycles. The molecule has 3 N–H and O–H groups in total. The minimum absolute atomic E-state index is 0.103. The monoisotopic (exact) mass is 1370 g/mol. The van der Waals surface area contributed by atoms with Crippen LogP contribution in [-0.4, -0.2) is 96.7 Å². The number of esters is 4. The second kappa shape index (κ2) is 63.5. The topological polar surface area (TPSA) is 237 Å². The van der Waals surface area contributed by atoms with E-state index in [0.717, 1.165) is 120 Å². The number of phosphoric ester groups is 2. The number of rotatable bonds is 71. The van der Waals surface area contributed by atoms with Gasteiger partial charge in [-0.2, -0.15) is 0 Å². The van der Waals surface area contributed by atoms with Crippen molar-refractivity contribution >= 4 is 39.5 Å². The SMILES string of the molecule is CCC(C)CCCCCCCCCCCCCCCCC(=O)O[C@H](COC(=O)CCCCCCCCCCCCCC(C)C)COP(=O)(O)OC[C@@H](O)COP(=O)(O)OC[C@@H](COC(=O)CCCCCCCCC(C)CC)OC(=O)CCCCCCCCCCC(C)C. The fourth-order valence-corrected chi connectivity index (χ4v) is 12.7. The minimum Gasteiger partial charge on any atom is -0.462 e. The van der Waals surface area contributed by atoms with Gasteiger partial charge in [-0.3, -0.25) is 37.3 Å². The third kappa shape index (κ3) is 65.8. The number of hydrogen-bond acceptors (Lipinski definition) is 15. The Morgan fingerprint density at radius 1 is 0.301 bits per heavy atom. The number of ether oxygens (including phenoxy) is 4. The number of aliphatic hydroxyl groups excluding tert-OH is 1. The van der Waals surface area contributed by atoms with Crippen LogP contribution in [0.5, 0.6) is 0 Å². The molecule has 552 valence electrons. The quantitative estimate of drug-likeness (QED) is 0.0222. The summed E-state index contributed by atoms with van der Waals surface area (Å²) in [6, 6.07) is 0. The van der Waals surface area contributed by atoms with Crippen molar-refractivity contribution in [3.05, 3.63) is 0 Å². The number of carbonyl (C=O) groups is 4. The lowest BCUT2D eigenvalue weighted by atomic mass is 9.99. The van der Waals surface area contributed by atoms with Gasteiger partial charge in [0.25, 0.3) is 0 Å². The number of unbranched alkanes of at least 4 members (excludes halogenated alkanes) is 35. The van der Waals surface area contributed by atoms with Gasteiger partial charge in [-0.1, -0.05) is 319 Å². The normalized spacial score (nSPS) is 14.8. The first-order chi connectivity index (χ1) is 44.7. The van der Waals surface area contributed by atoms with Gasteiger partial charge in [0.1, 0.15) is 19.3 Å². The zero-order chi connectivity index (χ0) is 68.9. The first-order valence-corrected chi connectivity index (χ1v) is 41.3. The van der Waals surface area contributed by atoms with Crippen molar-refractivity contribution in [1.29, 1.82) is 0 Å². The molecule has 0 bridgehead atoms. The first kappa shape index (κ1) is 91.1. The van der Waals surface area contributed by atoms with Crippen LogP contribution in [0.15, 0.2) is 0 Å². The Morgan fingerprint density at radius 2 is 0.516 bits per heavy atom. The maximum atomic E-state index is 13.1. The summed E-state index contributed by atoms with van der Waals surface area (Å²) in [6.45, 7) is 14.2. The van der Waals surface area contributed by atoms with Gasteiger partial charge in [0.2, 0.25) is 0 Å². The average Bonchev–Trinajstić information content (AvgIpc) is 2.66. The molecule has 0 fully saturated rings. The molecule has 17 nitrogen and oxygen atoms in total. The van der Waals surface area contributed by atoms with Crippen molar-refractivity contribution in [2.45, 2.75) is 388 Å². The summed E-state index contributed by atoms with van der Waals surface area (Å²) >= 11 is 0. The van der Waals surface area contributed by atoms with E-state index < -0.39 is 97.5 Å². The molecule has 0 aliphatic heterocycles. The van der Waals surface area contributed by atoms with Gasteiger partial charge in [0.05, 0.1) is 26.4 Å². The highest BCUT2D eigenvalue weighted by molar-refractivity contribution is 7.47. The molecule has 7 atom stereocenters. The molecule has 4 unspecified atom stereocenters. The molecular formula is C74H144O17P2. The summed E-state index contributed by atoms with van der Waals surface area (Å²) in [6.07, 6.45) is 47.2. The van der Waals surface area contributed by atoms with Gasteiger partial charge >= 0.3 is 39.5 Å². The van der Waals surface area contributed by atoms with Crippen molar-refractivity contribution in [3.8, 4) is 0 Å². The third-order valence-corrected chi connectivity index (χ3v) is 19.7. The molecule has 0 saturated heterocycles. The van der Waals surface area contributed by atoms with E-state index in [2.05, 4.69) is 55.4 Å². The summed E-state index contributed by atoms with van der Waals surface area (Å²) in [5, 5.41) is 10.6. The van der Waals surface area contributed by atoms with Crippen LogP contribution in [0.4, 0.5) is 0 Å². The Hall–Kier alpha value is -1.94. The van der Waals surface area contributed by atoms with Gasteiger partial charge in [-0.15, -0.1) is 0 Å². The molecule has 0 spiro atoms. The van der Waals surface area contributed by atoms with Crippen molar-refractivity contribution in [2.24, 2.45) is 23.7 Å². The van der Waals surface area contributed by atoms with Crippen molar-refractivity contribution in [2.75, 3.05) is 39.6 Å². The molecule has 19 heteroatoms. The van der Waals surface area contributed by atoms with Crippen LogP contribution in [0, 0.1) is 23.7 Å². The Kier molecular flexibility index (Phi) is 62.2. The fraction of sp³-hybridized carbons (Fsp3) is 0.946. The Balaban J connectivity index is 5.25. The zero-order valence-corrected chi connectivity index (χ0v) is 62.7. The summed E-state index contributed by atoms with van der Waals surface area (Å²) in [5.41, 5.74) is 0. The van der Waals surface area contributed by atoms with Crippen LogP contribution in [0.3, 0.4) is 0 Å². The molecule has 93 heavy (non-hydrogen) atoms. The van der Waals surface area contributed by atoms with Crippen molar-refractivity contribution in [1.82, 2.24) is 0 Å². The maximum Gasteiger partial charge on any atom is 0.472 e. The van der Waals surface area contributed by atoms with Crippen molar-refractivity contribution in [3.63, 3.8) is 0 Å². The molecule has 0 rings (SSSR count). The van der Waals surface area contributed by atoms with E-state index in [4.69, 9.17) is 37.0 Å². The van der Waals surface area contributed by atoms with Crippen LogP contribution < -0.4 is 0 Å². The Morgan fingerprint density at radius 3 is 0.763 bits per heavy atom. The standard InChI is InChI=1S/C74H144O17P2/c1-9-66(7)52-44-36-28-21-17-13-11-12-14-18-23-30-40-48-56-73(78)90-69(60-84-71(76)54-46-38-29-22-19-15-16-20-26-34-42-50-64(3)4)62-88-92(80,81)86-58-68(75)59-87-93(82,83)89-63-70(61-85-72(77)55-47-39-33-32-37-45-53-67(8)10-2)91-74(79)57-49-41-31-25-24-27-35-43-51-65(5)6/h64-70,75H,9-63H2,1-8H3,(H,80,81)(H,82,83)/t66?,67?,68-,69-,70-/m1/s1. The number of hydrogen-bond donors (Lipinski definition) is 3. The van der Waals surface area contributed by atoms with Crippen LogP contribution in [0.25, 0.3) is 0 Å². The summed E-state index contributed by atoms with van der Waals surface area (Å²) in [5.74, 6) is 0.940. The molecule has 0 aromatic rings. The number of phosphoric acid groups is 2. The molecule has 0 aromatic heterocycles. The van der Waals surface area contributed by atoms with E-state index in [9.17, 15) is 43.2 Å². The first-order valence-electron chi connectivity index (χ1n) is 38.3. The smallest absolute Gasteiger partial charge is 0.462 e. The van der Waals surface area contributed by atoms with Crippen LogP contribution in [0.1, 0.15) is 370 Å². The Bertz CT molecular complexity index is 1840. The lowest BCUT2D eigenvalue weighted by Gasteiger charge is -2.21. The van der Waals surface area contributed by atoms with Crippen LogP contribution in [-0.2, 0) is 65.4 Å². The predicted octanol–water partition coefficient (Wildman–Crippen LogP) is 21.3. The average molecular weight is 1370 g/mol. The van der Waals surface area contributed by atoms with E-state index in [0.29, 0.717) is 25.7 Å². The summed E-state index contributed by atoms with van der Waals surface area (Å²) in [4.78, 5) is 72.7. The second-order valence-corrected chi connectivity index (χ2v) is 31.0. The highest BCUT2D eigenvalue weighted by Gasteiger charge is 2.30. The molecule has 0 aromatic carbocycles. The lowest BCUT2D eigenvalue weighted by molar-refractivity contribution is -0.161. The highest BCUT2D eigenvalue weighted by atomic mass is 31.2. The molecule has 0 saturated carbocycles. The number of carbonyl (C=O) groups excluding carboxylic acids is 4. The summed E-state index contributed by atoms with van der Waals surface area (Å²) in [7, 11) is -9.91. The van der Waals surface area contributed by atoms with Gasteiger partial charge in [0.15, 0.2) is 12.2 Å².